The number of hydrogen-bond acceptors (Lipinski definition) is 2. The van der Waals surface area contributed by atoms with Crippen LogP contribution in [0.3, 0.4) is 0 Å². The van der Waals surface area contributed by atoms with Gasteiger partial charge in [0, 0.05) is 5.56 Å². The van der Waals surface area contributed by atoms with E-state index >= 15 is 0 Å². The van der Waals surface area contributed by atoms with Gasteiger partial charge in [-0.25, -0.2) is 0 Å². The number of carbonyl (C=O) groups is 1. The molecule has 0 amide bonds. The number of thiophene rings is 1. The Morgan fingerprint density at radius 2 is 2.06 bits per heavy atom. The van der Waals surface area contributed by atoms with Crippen LogP contribution < -0.4 is 0 Å². The number of aryl methyl sites for hydroxylation is 1. The molecule has 0 fully saturated rings. The van der Waals surface area contributed by atoms with E-state index in [9.17, 15) is 4.79 Å². The van der Waals surface area contributed by atoms with Gasteiger partial charge in [0.2, 0.25) is 5.78 Å². The van der Waals surface area contributed by atoms with Crippen LogP contribution in [-0.2, 0) is 0 Å². The minimum atomic E-state index is -0.0271. The smallest absolute Gasteiger partial charge is 0.204 e. The average Bonchev–Trinajstić information content (AvgIpc) is 2.64. The number of rotatable bonds is 2. The lowest BCUT2D eigenvalue weighted by Gasteiger charge is -2.02. The molecule has 0 saturated heterocycles. The van der Waals surface area contributed by atoms with E-state index in [-0.39, 0.29) is 5.78 Å². The Kier molecular flexibility index (Phi) is 3.47. The minimum Gasteiger partial charge on any atom is -0.288 e. The van der Waals surface area contributed by atoms with Gasteiger partial charge in [0.15, 0.2) is 0 Å². The highest BCUT2D eigenvalue weighted by Crippen LogP contribution is 2.27. The summed E-state index contributed by atoms with van der Waals surface area (Å²) >= 11 is 10.8. The Hall–Kier alpha value is -0.640. The van der Waals surface area contributed by atoms with Crippen LogP contribution in [0, 0.1) is 6.92 Å². The van der Waals surface area contributed by atoms with Crippen LogP contribution in [0.25, 0.3) is 0 Å². The Labute approximate surface area is 111 Å². The van der Waals surface area contributed by atoms with E-state index in [1.807, 2.05) is 19.1 Å². The largest absolute Gasteiger partial charge is 0.288 e. The van der Waals surface area contributed by atoms with Gasteiger partial charge >= 0.3 is 0 Å². The van der Waals surface area contributed by atoms with Gasteiger partial charge in [-0.15, -0.1) is 11.3 Å². The third-order valence-corrected chi connectivity index (χ3v) is 4.10. The van der Waals surface area contributed by atoms with E-state index < -0.39 is 0 Å². The van der Waals surface area contributed by atoms with Crippen molar-refractivity contribution in [2.75, 3.05) is 0 Å². The van der Waals surface area contributed by atoms with Crippen molar-refractivity contribution in [3.8, 4) is 0 Å². The van der Waals surface area contributed by atoms with Crippen LogP contribution in [0.5, 0.6) is 0 Å². The molecule has 0 aliphatic rings. The predicted molar refractivity (Wildman–Crippen MR) is 71.6 cm³/mol. The molecular formula is C12H8BrClOS. The fraction of sp³-hybridized carbons (Fsp3) is 0.0833. The molecule has 0 aliphatic carbocycles. The summed E-state index contributed by atoms with van der Waals surface area (Å²) < 4.78 is 0.944. The highest BCUT2D eigenvalue weighted by Gasteiger charge is 2.14. The van der Waals surface area contributed by atoms with Gasteiger partial charge in [-0.1, -0.05) is 17.7 Å². The maximum atomic E-state index is 12.1. The molecule has 0 unspecified atom stereocenters. The molecule has 82 valence electrons. The number of ketones is 1. The predicted octanol–water partition coefficient (Wildman–Crippen LogP) is 4.70. The van der Waals surface area contributed by atoms with Gasteiger partial charge in [-0.2, -0.15) is 0 Å². The molecule has 0 aliphatic heterocycles. The van der Waals surface area contributed by atoms with Crippen molar-refractivity contribution in [1.29, 1.82) is 0 Å². The van der Waals surface area contributed by atoms with E-state index in [0.29, 0.717) is 15.5 Å². The van der Waals surface area contributed by atoms with Crippen LogP contribution in [-0.4, -0.2) is 5.78 Å². The Balaban J connectivity index is 2.41. The molecule has 2 rings (SSSR count). The van der Waals surface area contributed by atoms with Gasteiger partial charge in [0.05, 0.1) is 13.7 Å². The molecule has 1 aromatic heterocycles. The van der Waals surface area contributed by atoms with Gasteiger partial charge in [-0.05, 0) is 52.7 Å². The van der Waals surface area contributed by atoms with Crippen LogP contribution in [0.4, 0.5) is 0 Å². The van der Waals surface area contributed by atoms with Gasteiger partial charge < -0.3 is 0 Å². The van der Waals surface area contributed by atoms with Gasteiger partial charge in [0.1, 0.15) is 0 Å². The maximum Gasteiger partial charge on any atom is 0.204 e. The molecule has 0 bridgehead atoms. The third-order valence-electron chi connectivity index (χ3n) is 2.17. The zero-order valence-corrected chi connectivity index (χ0v) is 11.6. The Bertz CT molecular complexity index is 548. The number of carbonyl (C=O) groups excluding carboxylic acids is 1. The number of benzene rings is 1. The number of halogens is 2. The summed E-state index contributed by atoms with van der Waals surface area (Å²) in [6.45, 7) is 1.95. The monoisotopic (exact) mass is 314 g/mol. The Morgan fingerprint density at radius 3 is 2.62 bits per heavy atom. The summed E-state index contributed by atoms with van der Waals surface area (Å²) in [6, 6.07) is 9.13. The second-order valence-corrected chi connectivity index (χ2v) is 6.29. The summed E-state index contributed by atoms with van der Waals surface area (Å²) in [6.07, 6.45) is 0. The van der Waals surface area contributed by atoms with E-state index in [4.69, 9.17) is 11.6 Å². The molecular weight excluding hydrogens is 308 g/mol. The van der Waals surface area contributed by atoms with Crippen LogP contribution >= 0.6 is 38.9 Å². The summed E-state index contributed by atoms with van der Waals surface area (Å²) in [5.74, 6) is -0.0271. The lowest BCUT2D eigenvalue weighted by Crippen LogP contribution is -1.99. The first-order valence-electron chi connectivity index (χ1n) is 4.64. The first-order chi connectivity index (χ1) is 7.58. The molecule has 1 heterocycles. The van der Waals surface area contributed by atoms with Crippen molar-refractivity contribution >= 4 is 44.7 Å². The zero-order chi connectivity index (χ0) is 11.7. The van der Waals surface area contributed by atoms with Crippen molar-refractivity contribution in [2.45, 2.75) is 6.92 Å². The van der Waals surface area contributed by atoms with Crippen molar-refractivity contribution < 1.29 is 4.79 Å². The SMILES string of the molecule is Cc1ccc(C(=O)c2ccc(Br)s2)c(Cl)c1. The molecule has 0 N–H and O–H groups in total. The molecule has 16 heavy (non-hydrogen) atoms. The fourth-order valence-corrected chi connectivity index (χ4v) is 3.03. The average molecular weight is 316 g/mol. The normalized spacial score (nSPS) is 10.4. The van der Waals surface area contributed by atoms with E-state index in [1.54, 1.807) is 18.2 Å². The topological polar surface area (TPSA) is 17.1 Å². The molecule has 0 saturated carbocycles. The molecule has 1 nitrogen and oxygen atoms in total. The van der Waals surface area contributed by atoms with Crippen molar-refractivity contribution in [1.82, 2.24) is 0 Å². The summed E-state index contributed by atoms with van der Waals surface area (Å²) in [4.78, 5) is 12.8. The maximum absolute atomic E-state index is 12.1. The highest BCUT2D eigenvalue weighted by atomic mass is 79.9. The standard InChI is InChI=1S/C12H8BrClOS/c1-7-2-3-8(9(14)6-7)12(15)10-4-5-11(13)16-10/h2-6H,1H3. The second kappa shape index (κ2) is 4.70. The van der Waals surface area contributed by atoms with Crippen LogP contribution in [0.15, 0.2) is 34.1 Å². The van der Waals surface area contributed by atoms with Crippen LogP contribution in [0.1, 0.15) is 20.8 Å². The van der Waals surface area contributed by atoms with Crippen molar-refractivity contribution in [3.05, 3.63) is 55.1 Å². The lowest BCUT2D eigenvalue weighted by molar-refractivity contribution is 0.104. The molecule has 1 aromatic carbocycles. The Morgan fingerprint density at radius 1 is 1.31 bits per heavy atom. The highest BCUT2D eigenvalue weighted by molar-refractivity contribution is 9.11. The number of hydrogen-bond donors (Lipinski definition) is 0. The minimum absolute atomic E-state index is 0.0271. The zero-order valence-electron chi connectivity index (χ0n) is 8.46. The van der Waals surface area contributed by atoms with E-state index in [1.165, 1.54) is 11.3 Å². The molecule has 4 heteroatoms. The fourth-order valence-electron chi connectivity index (χ4n) is 1.37. The van der Waals surface area contributed by atoms with Crippen molar-refractivity contribution in [2.24, 2.45) is 0 Å². The molecule has 2 aromatic rings. The second-order valence-electron chi connectivity index (χ2n) is 3.42. The summed E-state index contributed by atoms with van der Waals surface area (Å²) in [5.41, 5.74) is 1.61. The summed E-state index contributed by atoms with van der Waals surface area (Å²) in [5, 5.41) is 0.509. The first-order valence-corrected chi connectivity index (χ1v) is 6.63. The quantitative estimate of drug-likeness (QED) is 0.734. The van der Waals surface area contributed by atoms with Crippen LogP contribution in [0.2, 0.25) is 5.02 Å². The molecule has 0 atom stereocenters. The van der Waals surface area contributed by atoms with E-state index in [0.717, 1.165) is 9.35 Å². The van der Waals surface area contributed by atoms with Gasteiger partial charge in [0.25, 0.3) is 0 Å². The summed E-state index contributed by atoms with van der Waals surface area (Å²) in [7, 11) is 0. The third kappa shape index (κ3) is 2.37. The van der Waals surface area contributed by atoms with Crippen molar-refractivity contribution in [3.63, 3.8) is 0 Å². The van der Waals surface area contributed by atoms with E-state index in [2.05, 4.69) is 15.9 Å². The lowest BCUT2D eigenvalue weighted by atomic mass is 10.1. The first kappa shape index (κ1) is 11.8. The molecule has 0 radical (unpaired) electrons. The molecule has 0 spiro atoms. The van der Waals surface area contributed by atoms with Gasteiger partial charge in [-0.3, -0.25) is 4.79 Å².